The maximum atomic E-state index is 14.9. The van der Waals surface area contributed by atoms with Crippen molar-refractivity contribution in [2.45, 2.75) is 103 Å². The predicted molar refractivity (Wildman–Crippen MR) is 206 cm³/mol. The smallest absolute Gasteiger partial charge is 0.417 e. The Kier molecular flexibility index (Phi) is 13.1. The van der Waals surface area contributed by atoms with E-state index in [0.29, 0.717) is 32.5 Å². The van der Waals surface area contributed by atoms with E-state index in [-0.39, 0.29) is 11.1 Å². The summed E-state index contributed by atoms with van der Waals surface area (Å²) in [5, 5.41) is 0. The minimum absolute atomic E-state index is 0.282. The van der Waals surface area contributed by atoms with Crippen molar-refractivity contribution < 1.29 is 35.8 Å². The van der Waals surface area contributed by atoms with Gasteiger partial charge in [0.05, 0.1) is 20.1 Å². The van der Waals surface area contributed by atoms with Gasteiger partial charge in [-0.25, -0.2) is 0 Å². The first kappa shape index (κ1) is 40.6. The van der Waals surface area contributed by atoms with E-state index in [2.05, 4.69) is 55.5 Å². The van der Waals surface area contributed by atoms with Crippen LogP contribution in [-0.2, 0) is 38.7 Å². The van der Waals surface area contributed by atoms with Gasteiger partial charge in [0.25, 0.3) is 0 Å². The number of likely N-dealkylation sites (tertiary alicyclic amines) is 2. The monoisotopic (exact) mass is 880 g/mol. The van der Waals surface area contributed by atoms with Crippen LogP contribution in [0.5, 0.6) is 11.5 Å². The Bertz CT molecular complexity index is 1780. The standard InChI is InChI=1S/C42H44Br2F6N2O2/c1-27-9-3-5-19-51(27)23-29-15-17-37(35(43)21-29)53-25-31-11-7-13-33(39(31)41(45,46)47)34-14-8-12-32(40(34)42(48,49)50)26-54-38-18-16-30(22-36(38)44)24-52-20-6-4-10-28(52)2/h7-8,11-18,21-22,27-28H,3-6,9-10,19-20,23-26H2,1-2H3/t27-,28-/m1/s1. The summed E-state index contributed by atoms with van der Waals surface area (Å²) < 4.78 is 102. The van der Waals surface area contributed by atoms with E-state index in [0.717, 1.165) is 75.1 Å². The van der Waals surface area contributed by atoms with Crippen molar-refractivity contribution in [1.82, 2.24) is 9.80 Å². The van der Waals surface area contributed by atoms with Crippen molar-refractivity contribution in [1.29, 1.82) is 0 Å². The average Bonchev–Trinajstić information content (AvgIpc) is 3.12. The van der Waals surface area contributed by atoms with E-state index in [1.165, 1.54) is 37.1 Å². The van der Waals surface area contributed by atoms with Gasteiger partial charge < -0.3 is 9.47 Å². The minimum Gasteiger partial charge on any atom is -0.488 e. The van der Waals surface area contributed by atoms with Gasteiger partial charge in [-0.1, -0.05) is 61.4 Å². The van der Waals surface area contributed by atoms with Crippen LogP contribution < -0.4 is 9.47 Å². The van der Waals surface area contributed by atoms with Gasteiger partial charge in [-0.2, -0.15) is 26.3 Å². The molecule has 2 saturated heterocycles. The quantitative estimate of drug-likeness (QED) is 0.140. The molecule has 0 bridgehead atoms. The highest BCUT2D eigenvalue weighted by Gasteiger charge is 2.41. The molecule has 2 heterocycles. The van der Waals surface area contributed by atoms with Crippen LogP contribution in [-0.4, -0.2) is 35.0 Å². The van der Waals surface area contributed by atoms with Crippen LogP contribution in [0.25, 0.3) is 11.1 Å². The first-order valence-corrected chi connectivity index (χ1v) is 20.0. The molecule has 4 nitrogen and oxygen atoms in total. The van der Waals surface area contributed by atoms with Crippen molar-refractivity contribution in [3.63, 3.8) is 0 Å². The molecular formula is C42H44Br2F6N2O2. The Balaban J connectivity index is 1.24. The molecule has 0 N–H and O–H groups in total. The van der Waals surface area contributed by atoms with Crippen molar-refractivity contribution in [2.75, 3.05) is 13.1 Å². The van der Waals surface area contributed by atoms with Gasteiger partial charge in [0.1, 0.15) is 24.7 Å². The van der Waals surface area contributed by atoms with Gasteiger partial charge >= 0.3 is 12.4 Å². The summed E-state index contributed by atoms with van der Waals surface area (Å²) in [6, 6.07) is 19.2. The van der Waals surface area contributed by atoms with Crippen LogP contribution in [0.3, 0.4) is 0 Å². The normalized spacial score (nSPS) is 18.9. The third kappa shape index (κ3) is 9.84. The molecule has 0 unspecified atom stereocenters. The average molecular weight is 883 g/mol. The molecule has 0 radical (unpaired) electrons. The summed E-state index contributed by atoms with van der Waals surface area (Å²) in [4.78, 5) is 4.80. The molecule has 54 heavy (non-hydrogen) atoms. The highest BCUT2D eigenvalue weighted by molar-refractivity contribution is 9.10. The third-order valence-electron chi connectivity index (χ3n) is 10.6. The molecule has 0 aromatic heterocycles. The molecule has 0 aliphatic carbocycles. The summed E-state index contributed by atoms with van der Waals surface area (Å²) in [6.07, 6.45) is -2.99. The van der Waals surface area contributed by atoms with Gasteiger partial charge in [-0.15, -0.1) is 0 Å². The summed E-state index contributed by atoms with van der Waals surface area (Å²) in [6.45, 7) is 6.89. The lowest BCUT2D eigenvalue weighted by Gasteiger charge is -2.33. The lowest BCUT2D eigenvalue weighted by molar-refractivity contribution is -0.140. The van der Waals surface area contributed by atoms with Crippen molar-refractivity contribution in [2.24, 2.45) is 0 Å². The number of benzene rings is 4. The van der Waals surface area contributed by atoms with E-state index in [9.17, 15) is 26.3 Å². The van der Waals surface area contributed by atoms with Crippen LogP contribution >= 0.6 is 31.9 Å². The zero-order valence-corrected chi connectivity index (χ0v) is 33.5. The fourth-order valence-electron chi connectivity index (χ4n) is 7.64. The minimum atomic E-state index is -4.98. The van der Waals surface area contributed by atoms with Crippen molar-refractivity contribution in [3.05, 3.63) is 115 Å². The Morgan fingerprint density at radius 3 is 1.35 bits per heavy atom. The Labute approximate surface area is 330 Å². The number of piperidine rings is 2. The van der Waals surface area contributed by atoms with Crippen molar-refractivity contribution in [3.8, 4) is 22.6 Å². The topological polar surface area (TPSA) is 24.9 Å². The molecule has 0 saturated carbocycles. The number of rotatable bonds is 11. The molecule has 2 fully saturated rings. The lowest BCUT2D eigenvalue weighted by atomic mass is 9.89. The van der Waals surface area contributed by atoms with Crippen LogP contribution in [0, 0.1) is 0 Å². The van der Waals surface area contributed by atoms with Gasteiger partial charge in [0, 0.05) is 36.3 Å². The molecule has 0 amide bonds. The Hall–Kier alpha value is -3.06. The van der Waals surface area contributed by atoms with E-state index < -0.39 is 47.8 Å². The number of hydrogen-bond acceptors (Lipinski definition) is 4. The second-order valence-electron chi connectivity index (χ2n) is 14.4. The van der Waals surface area contributed by atoms with Crippen LogP contribution in [0.1, 0.15) is 85.8 Å². The maximum Gasteiger partial charge on any atom is 0.417 e. The summed E-state index contributed by atoms with van der Waals surface area (Å²) in [7, 11) is 0. The molecular weight excluding hydrogens is 838 g/mol. The molecule has 290 valence electrons. The molecule has 2 aliphatic heterocycles. The maximum absolute atomic E-state index is 14.9. The highest BCUT2D eigenvalue weighted by Crippen LogP contribution is 2.46. The first-order valence-electron chi connectivity index (χ1n) is 18.4. The summed E-state index contributed by atoms with van der Waals surface area (Å²) in [5.41, 5.74) is -2.01. The molecule has 6 rings (SSSR count). The molecule has 4 aromatic carbocycles. The largest absolute Gasteiger partial charge is 0.488 e. The van der Waals surface area contributed by atoms with E-state index >= 15 is 0 Å². The number of ether oxygens (including phenoxy) is 2. The molecule has 0 spiro atoms. The molecule has 4 aromatic rings. The summed E-state index contributed by atoms with van der Waals surface area (Å²) in [5.74, 6) is 0.665. The number of hydrogen-bond donors (Lipinski definition) is 0. The van der Waals surface area contributed by atoms with Gasteiger partial charge in [-0.3, -0.25) is 9.80 Å². The molecule has 2 aliphatic rings. The third-order valence-corrected chi connectivity index (χ3v) is 11.8. The fraction of sp³-hybridized carbons (Fsp3) is 0.429. The SMILES string of the molecule is C[C@@H]1CCCCN1Cc1ccc(OCc2cccc(-c3cccc(COc4ccc(CN5CCCC[C@H]5C)cc4Br)c3C(F)(F)F)c2C(F)(F)F)c(Br)c1. The Morgan fingerprint density at radius 2 is 1.00 bits per heavy atom. The second kappa shape index (κ2) is 17.4. The lowest BCUT2D eigenvalue weighted by Crippen LogP contribution is -2.36. The van der Waals surface area contributed by atoms with Crippen LogP contribution in [0.15, 0.2) is 81.7 Å². The van der Waals surface area contributed by atoms with Gasteiger partial charge in [-0.05, 0) is 131 Å². The van der Waals surface area contributed by atoms with Gasteiger partial charge in [0.15, 0.2) is 0 Å². The number of halogens is 8. The van der Waals surface area contributed by atoms with Gasteiger partial charge in [0.2, 0.25) is 0 Å². The van der Waals surface area contributed by atoms with Crippen LogP contribution in [0.2, 0.25) is 0 Å². The zero-order chi connectivity index (χ0) is 38.6. The van der Waals surface area contributed by atoms with E-state index in [1.807, 2.05) is 24.3 Å². The summed E-state index contributed by atoms with van der Waals surface area (Å²) >= 11 is 7.01. The zero-order valence-electron chi connectivity index (χ0n) is 30.3. The Morgan fingerprint density at radius 1 is 0.593 bits per heavy atom. The molecule has 2 atom stereocenters. The number of nitrogens with zero attached hydrogens (tertiary/aromatic N) is 2. The number of alkyl halides is 6. The molecule has 12 heteroatoms. The van der Waals surface area contributed by atoms with E-state index in [1.54, 1.807) is 12.1 Å². The predicted octanol–water partition coefficient (Wildman–Crippen LogP) is 12.8. The second-order valence-corrected chi connectivity index (χ2v) is 16.1. The van der Waals surface area contributed by atoms with Crippen LogP contribution in [0.4, 0.5) is 26.3 Å². The first-order chi connectivity index (χ1) is 25.7. The van der Waals surface area contributed by atoms with E-state index in [4.69, 9.17) is 9.47 Å². The highest BCUT2D eigenvalue weighted by atomic mass is 79.9. The van der Waals surface area contributed by atoms with Crippen molar-refractivity contribution >= 4 is 31.9 Å². The fourth-order valence-corrected chi connectivity index (χ4v) is 8.73.